The Morgan fingerprint density at radius 1 is 1.42 bits per heavy atom. The summed E-state index contributed by atoms with van der Waals surface area (Å²) in [6.45, 7) is 4.01. The number of aryl methyl sites for hydroxylation is 3. The van der Waals surface area contributed by atoms with E-state index in [1.165, 1.54) is 10.6 Å². The van der Waals surface area contributed by atoms with E-state index < -0.39 is 0 Å². The zero-order valence-electron chi connectivity index (χ0n) is 14.6. The van der Waals surface area contributed by atoms with Crippen LogP contribution in [-0.4, -0.2) is 34.9 Å². The largest absolute Gasteiger partial charge is 0.480 e. The first-order valence-corrected chi connectivity index (χ1v) is 9.14. The number of fused-ring (bicyclic) bond motifs is 1. The SMILES string of the molecule is CCc1nc2c(s1)C(N(C)C(=O)c1ccc(C)nc1OC)CCC2. The molecule has 24 heavy (non-hydrogen) atoms. The van der Waals surface area contributed by atoms with Crippen molar-refractivity contribution >= 4 is 17.2 Å². The molecule has 0 radical (unpaired) electrons. The van der Waals surface area contributed by atoms with E-state index in [1.807, 2.05) is 24.9 Å². The van der Waals surface area contributed by atoms with Gasteiger partial charge >= 0.3 is 0 Å². The molecule has 0 N–H and O–H groups in total. The molecule has 2 aromatic heterocycles. The second-order valence-corrected chi connectivity index (χ2v) is 7.22. The third-order valence-electron chi connectivity index (χ3n) is 4.48. The Bertz CT molecular complexity index is 757. The Morgan fingerprint density at radius 2 is 2.21 bits per heavy atom. The summed E-state index contributed by atoms with van der Waals surface area (Å²) in [5.41, 5.74) is 2.51. The van der Waals surface area contributed by atoms with Gasteiger partial charge in [-0.2, -0.15) is 0 Å². The van der Waals surface area contributed by atoms with E-state index >= 15 is 0 Å². The summed E-state index contributed by atoms with van der Waals surface area (Å²) in [5, 5.41) is 1.15. The van der Waals surface area contributed by atoms with Crippen molar-refractivity contribution in [1.29, 1.82) is 0 Å². The first-order chi connectivity index (χ1) is 11.5. The maximum absolute atomic E-state index is 13.0. The van der Waals surface area contributed by atoms with Crippen LogP contribution in [0.2, 0.25) is 0 Å². The number of nitrogens with zero attached hydrogens (tertiary/aromatic N) is 3. The van der Waals surface area contributed by atoms with Crippen molar-refractivity contribution < 1.29 is 9.53 Å². The predicted octanol–water partition coefficient (Wildman–Crippen LogP) is 3.57. The number of carbonyl (C=O) groups is 1. The molecule has 0 aromatic carbocycles. The van der Waals surface area contributed by atoms with Gasteiger partial charge in [0.05, 0.1) is 28.7 Å². The van der Waals surface area contributed by atoms with Gasteiger partial charge in [-0.25, -0.2) is 9.97 Å². The van der Waals surface area contributed by atoms with Crippen LogP contribution >= 0.6 is 11.3 Å². The minimum absolute atomic E-state index is 0.0522. The minimum Gasteiger partial charge on any atom is -0.480 e. The number of hydrogen-bond donors (Lipinski definition) is 0. The molecule has 0 fully saturated rings. The molecule has 1 amide bonds. The molecule has 0 bridgehead atoms. The zero-order chi connectivity index (χ0) is 17.3. The monoisotopic (exact) mass is 345 g/mol. The van der Waals surface area contributed by atoms with Crippen LogP contribution in [0.3, 0.4) is 0 Å². The molecular formula is C18H23N3O2S. The second kappa shape index (κ2) is 6.89. The molecule has 5 nitrogen and oxygen atoms in total. The van der Waals surface area contributed by atoms with Crippen LogP contribution in [0.5, 0.6) is 5.88 Å². The van der Waals surface area contributed by atoms with Crippen LogP contribution in [0.15, 0.2) is 12.1 Å². The molecule has 1 atom stereocenters. The van der Waals surface area contributed by atoms with Gasteiger partial charge in [0.1, 0.15) is 5.56 Å². The molecule has 1 unspecified atom stereocenters. The van der Waals surface area contributed by atoms with Gasteiger partial charge in [0.15, 0.2) is 0 Å². The second-order valence-electron chi connectivity index (χ2n) is 6.11. The van der Waals surface area contributed by atoms with E-state index in [0.717, 1.165) is 36.4 Å². The number of pyridine rings is 1. The molecule has 0 saturated heterocycles. The number of amides is 1. The van der Waals surface area contributed by atoms with Crippen molar-refractivity contribution in [3.8, 4) is 5.88 Å². The number of aromatic nitrogens is 2. The summed E-state index contributed by atoms with van der Waals surface area (Å²) >= 11 is 1.74. The van der Waals surface area contributed by atoms with E-state index in [-0.39, 0.29) is 11.9 Å². The van der Waals surface area contributed by atoms with E-state index in [4.69, 9.17) is 9.72 Å². The highest BCUT2D eigenvalue weighted by Crippen LogP contribution is 2.38. The van der Waals surface area contributed by atoms with Crippen molar-refractivity contribution in [3.05, 3.63) is 39.0 Å². The Balaban J connectivity index is 1.91. The molecule has 2 aromatic rings. The fourth-order valence-corrected chi connectivity index (χ4v) is 4.38. The third kappa shape index (κ3) is 3.02. The Labute approximate surface area is 146 Å². The van der Waals surface area contributed by atoms with E-state index in [2.05, 4.69) is 11.9 Å². The Kier molecular flexibility index (Phi) is 4.85. The maximum Gasteiger partial charge on any atom is 0.259 e. The van der Waals surface area contributed by atoms with Gasteiger partial charge in [-0.15, -0.1) is 11.3 Å². The number of carbonyl (C=O) groups excluding carboxylic acids is 1. The van der Waals surface area contributed by atoms with Crippen LogP contribution < -0.4 is 4.74 Å². The molecule has 2 heterocycles. The van der Waals surface area contributed by atoms with Crippen LogP contribution in [0, 0.1) is 6.92 Å². The zero-order valence-corrected chi connectivity index (χ0v) is 15.4. The van der Waals surface area contributed by atoms with Crippen molar-refractivity contribution in [1.82, 2.24) is 14.9 Å². The van der Waals surface area contributed by atoms with Crippen molar-refractivity contribution in [2.75, 3.05) is 14.2 Å². The lowest BCUT2D eigenvalue weighted by atomic mass is 9.96. The normalized spacial score (nSPS) is 16.6. The van der Waals surface area contributed by atoms with Gasteiger partial charge in [0, 0.05) is 12.7 Å². The summed E-state index contributed by atoms with van der Waals surface area (Å²) in [7, 11) is 3.42. The minimum atomic E-state index is -0.0522. The highest BCUT2D eigenvalue weighted by Gasteiger charge is 2.31. The van der Waals surface area contributed by atoms with Crippen LogP contribution in [-0.2, 0) is 12.8 Å². The standard InChI is InChI=1S/C18H23N3O2S/c1-5-15-20-13-7-6-8-14(16(13)24-15)21(3)18(22)12-10-9-11(2)19-17(12)23-4/h9-10,14H,5-8H2,1-4H3. The first-order valence-electron chi connectivity index (χ1n) is 8.32. The molecule has 0 saturated carbocycles. The van der Waals surface area contributed by atoms with Crippen molar-refractivity contribution in [2.24, 2.45) is 0 Å². The summed E-state index contributed by atoms with van der Waals surface area (Å²) < 4.78 is 5.31. The van der Waals surface area contributed by atoms with E-state index in [0.29, 0.717) is 11.4 Å². The van der Waals surface area contributed by atoms with Crippen LogP contribution in [0.25, 0.3) is 0 Å². The summed E-state index contributed by atoms with van der Waals surface area (Å²) in [4.78, 5) is 25.1. The third-order valence-corrected chi connectivity index (χ3v) is 5.82. The summed E-state index contributed by atoms with van der Waals surface area (Å²) in [5.74, 6) is 0.338. The van der Waals surface area contributed by atoms with Crippen molar-refractivity contribution in [2.45, 2.75) is 45.6 Å². The highest BCUT2D eigenvalue weighted by molar-refractivity contribution is 7.11. The van der Waals surface area contributed by atoms with Crippen molar-refractivity contribution in [3.63, 3.8) is 0 Å². The lowest BCUT2D eigenvalue weighted by molar-refractivity contribution is 0.0713. The van der Waals surface area contributed by atoms with Gasteiger partial charge in [0.2, 0.25) is 5.88 Å². The number of ether oxygens (including phenoxy) is 1. The molecule has 1 aliphatic rings. The van der Waals surface area contributed by atoms with Gasteiger partial charge in [-0.05, 0) is 44.7 Å². The Morgan fingerprint density at radius 3 is 2.92 bits per heavy atom. The predicted molar refractivity (Wildman–Crippen MR) is 94.8 cm³/mol. The van der Waals surface area contributed by atoms with Gasteiger partial charge < -0.3 is 9.64 Å². The number of hydrogen-bond acceptors (Lipinski definition) is 5. The molecule has 0 spiro atoms. The highest BCUT2D eigenvalue weighted by atomic mass is 32.1. The fraction of sp³-hybridized carbons (Fsp3) is 0.500. The fourth-order valence-electron chi connectivity index (χ4n) is 3.15. The Hall–Kier alpha value is -1.95. The van der Waals surface area contributed by atoms with E-state index in [1.54, 1.807) is 24.5 Å². The molecule has 6 heteroatoms. The van der Waals surface area contributed by atoms with E-state index in [9.17, 15) is 4.79 Å². The topological polar surface area (TPSA) is 55.3 Å². The first kappa shape index (κ1) is 16.9. The number of methoxy groups -OCH3 is 1. The summed E-state index contributed by atoms with van der Waals surface area (Å²) in [6, 6.07) is 3.73. The summed E-state index contributed by atoms with van der Waals surface area (Å²) in [6.07, 6.45) is 3.99. The molecule has 128 valence electrons. The van der Waals surface area contributed by atoms with Gasteiger partial charge in [-0.1, -0.05) is 6.92 Å². The molecule has 1 aliphatic carbocycles. The number of thiazole rings is 1. The van der Waals surface area contributed by atoms with Gasteiger partial charge in [0.25, 0.3) is 5.91 Å². The molecule has 3 rings (SSSR count). The lowest BCUT2D eigenvalue weighted by Crippen LogP contribution is -2.33. The smallest absolute Gasteiger partial charge is 0.259 e. The van der Waals surface area contributed by atoms with Gasteiger partial charge in [-0.3, -0.25) is 4.79 Å². The van der Waals surface area contributed by atoms with Crippen LogP contribution in [0.1, 0.15) is 57.4 Å². The maximum atomic E-state index is 13.0. The average molecular weight is 345 g/mol. The lowest BCUT2D eigenvalue weighted by Gasteiger charge is -2.31. The quantitative estimate of drug-likeness (QED) is 0.850. The average Bonchev–Trinajstić information content (AvgIpc) is 3.03. The molecule has 0 aliphatic heterocycles. The molecular weight excluding hydrogens is 322 g/mol. The number of rotatable bonds is 4. The van der Waals surface area contributed by atoms with Crippen LogP contribution in [0.4, 0.5) is 0 Å².